The van der Waals surface area contributed by atoms with Gasteiger partial charge in [0.05, 0.1) is 6.54 Å². The summed E-state index contributed by atoms with van der Waals surface area (Å²) in [5.41, 5.74) is 0.855. The predicted molar refractivity (Wildman–Crippen MR) is 111 cm³/mol. The molecule has 0 saturated carbocycles. The van der Waals surface area contributed by atoms with Crippen LogP contribution in [0.1, 0.15) is 26.4 Å². The monoisotopic (exact) mass is 424 g/mol. The van der Waals surface area contributed by atoms with Gasteiger partial charge in [-0.05, 0) is 36.2 Å². The molecular weight excluding hydrogens is 407 g/mol. The molecule has 0 fully saturated rings. The number of halogens is 1. The van der Waals surface area contributed by atoms with E-state index in [4.69, 9.17) is 0 Å². The van der Waals surface area contributed by atoms with E-state index in [0.29, 0.717) is 27.4 Å². The standard InChI is InChI=1S/C21H17FN4O3S/c1-13-19(28)25(11-14-4-6-16(22)7-5-14)21(29)26-12-17(30-20(13)26)18(27)24-10-15-3-2-8-23-9-15/h2-9,12H,10-11H2,1H3,(H,24,27). The first kappa shape index (κ1) is 19.7. The van der Waals surface area contributed by atoms with E-state index in [1.165, 1.54) is 34.9 Å². The van der Waals surface area contributed by atoms with E-state index in [-0.39, 0.29) is 12.5 Å². The third-order valence-electron chi connectivity index (χ3n) is 4.65. The molecule has 4 rings (SSSR count). The lowest BCUT2D eigenvalue weighted by molar-refractivity contribution is 0.0954. The number of hydrogen-bond donors (Lipinski definition) is 1. The van der Waals surface area contributed by atoms with E-state index in [9.17, 15) is 18.8 Å². The number of carbonyl (C=O) groups is 1. The molecule has 1 N–H and O–H groups in total. The van der Waals surface area contributed by atoms with Crippen LogP contribution in [0.3, 0.4) is 0 Å². The number of pyridine rings is 1. The van der Waals surface area contributed by atoms with Crippen LogP contribution in [0.5, 0.6) is 0 Å². The highest BCUT2D eigenvalue weighted by Gasteiger charge is 2.17. The number of nitrogens with zero attached hydrogens (tertiary/aromatic N) is 3. The molecule has 4 aromatic rings. The number of amides is 1. The number of rotatable bonds is 5. The van der Waals surface area contributed by atoms with Crippen LogP contribution in [-0.2, 0) is 13.1 Å². The van der Waals surface area contributed by atoms with Gasteiger partial charge in [0.1, 0.15) is 15.5 Å². The Hall–Kier alpha value is -3.59. The number of hydrogen-bond acceptors (Lipinski definition) is 5. The maximum atomic E-state index is 13.1. The van der Waals surface area contributed by atoms with Gasteiger partial charge in [-0.15, -0.1) is 11.3 Å². The molecule has 30 heavy (non-hydrogen) atoms. The van der Waals surface area contributed by atoms with Crippen LogP contribution >= 0.6 is 11.3 Å². The van der Waals surface area contributed by atoms with Crippen LogP contribution in [0, 0.1) is 12.7 Å². The van der Waals surface area contributed by atoms with Crippen molar-refractivity contribution in [3.63, 3.8) is 0 Å². The SMILES string of the molecule is Cc1c(=O)n(Cc2ccc(F)cc2)c(=O)n2cc(C(=O)NCc3cccnc3)sc12. The van der Waals surface area contributed by atoms with E-state index in [1.807, 2.05) is 6.07 Å². The van der Waals surface area contributed by atoms with Crippen LogP contribution in [0.2, 0.25) is 0 Å². The minimum Gasteiger partial charge on any atom is -0.347 e. The fraction of sp³-hybridized carbons (Fsp3) is 0.143. The number of thiazole rings is 1. The predicted octanol–water partition coefficient (Wildman–Crippen LogP) is 2.34. The van der Waals surface area contributed by atoms with Gasteiger partial charge in [0.25, 0.3) is 11.5 Å². The van der Waals surface area contributed by atoms with Gasteiger partial charge in [-0.2, -0.15) is 0 Å². The quantitative estimate of drug-likeness (QED) is 0.533. The zero-order valence-electron chi connectivity index (χ0n) is 16.0. The summed E-state index contributed by atoms with van der Waals surface area (Å²) >= 11 is 1.08. The highest BCUT2D eigenvalue weighted by Crippen LogP contribution is 2.18. The second-order valence-electron chi connectivity index (χ2n) is 6.74. The van der Waals surface area contributed by atoms with Gasteiger partial charge in [-0.1, -0.05) is 18.2 Å². The van der Waals surface area contributed by atoms with Crippen molar-refractivity contribution in [1.82, 2.24) is 19.3 Å². The van der Waals surface area contributed by atoms with Gasteiger partial charge in [-0.25, -0.2) is 9.18 Å². The normalized spacial score (nSPS) is 11.0. The van der Waals surface area contributed by atoms with Crippen molar-refractivity contribution in [2.24, 2.45) is 0 Å². The summed E-state index contributed by atoms with van der Waals surface area (Å²) in [6.07, 6.45) is 4.74. The summed E-state index contributed by atoms with van der Waals surface area (Å²) < 4.78 is 15.5. The Morgan fingerprint density at radius 1 is 1.17 bits per heavy atom. The van der Waals surface area contributed by atoms with Gasteiger partial charge in [0, 0.05) is 30.7 Å². The van der Waals surface area contributed by atoms with Crippen molar-refractivity contribution in [3.8, 4) is 0 Å². The number of aromatic nitrogens is 3. The fourth-order valence-corrected chi connectivity index (χ4v) is 4.06. The van der Waals surface area contributed by atoms with Crippen LogP contribution in [-0.4, -0.2) is 19.9 Å². The summed E-state index contributed by atoms with van der Waals surface area (Å²) in [4.78, 5) is 42.9. The molecule has 0 bridgehead atoms. The van der Waals surface area contributed by atoms with Crippen molar-refractivity contribution in [3.05, 3.63) is 103 Å². The average Bonchev–Trinajstić information content (AvgIpc) is 3.21. The minimum atomic E-state index is -0.549. The van der Waals surface area contributed by atoms with Crippen LogP contribution in [0.25, 0.3) is 4.83 Å². The lowest BCUT2D eigenvalue weighted by atomic mass is 10.2. The molecule has 0 spiro atoms. The topological polar surface area (TPSA) is 85.5 Å². The number of aryl methyl sites for hydroxylation is 1. The third kappa shape index (κ3) is 3.79. The first-order chi connectivity index (χ1) is 14.4. The molecule has 3 aromatic heterocycles. The number of nitrogens with one attached hydrogen (secondary N) is 1. The Kier molecular flexibility index (Phi) is 5.28. The van der Waals surface area contributed by atoms with E-state index < -0.39 is 17.1 Å². The minimum absolute atomic E-state index is 0.0140. The average molecular weight is 424 g/mol. The second kappa shape index (κ2) is 8.03. The first-order valence-corrected chi connectivity index (χ1v) is 9.93. The molecule has 0 aliphatic heterocycles. The maximum Gasteiger partial charge on any atom is 0.336 e. The summed E-state index contributed by atoms with van der Waals surface area (Å²) in [7, 11) is 0. The van der Waals surface area contributed by atoms with E-state index >= 15 is 0 Å². The van der Waals surface area contributed by atoms with Crippen molar-refractivity contribution in [2.45, 2.75) is 20.0 Å². The molecule has 1 aromatic carbocycles. The van der Waals surface area contributed by atoms with Crippen LogP contribution in [0.15, 0.2) is 64.6 Å². The molecule has 0 aliphatic carbocycles. The Morgan fingerprint density at radius 2 is 1.93 bits per heavy atom. The lowest BCUT2D eigenvalue weighted by Crippen LogP contribution is -2.38. The van der Waals surface area contributed by atoms with Gasteiger partial charge in [-0.3, -0.25) is 23.5 Å². The zero-order chi connectivity index (χ0) is 21.3. The molecular formula is C21H17FN4O3S. The Balaban J connectivity index is 1.67. The molecule has 0 radical (unpaired) electrons. The molecule has 3 heterocycles. The highest BCUT2D eigenvalue weighted by atomic mass is 32.1. The van der Waals surface area contributed by atoms with Gasteiger partial charge in [0.15, 0.2) is 0 Å². The number of carbonyl (C=O) groups excluding carboxylic acids is 1. The van der Waals surface area contributed by atoms with Crippen LogP contribution < -0.4 is 16.6 Å². The summed E-state index contributed by atoms with van der Waals surface area (Å²) in [6, 6.07) is 9.22. The fourth-order valence-electron chi connectivity index (χ4n) is 3.05. The summed E-state index contributed by atoms with van der Waals surface area (Å²) in [6.45, 7) is 1.93. The molecule has 9 heteroatoms. The van der Waals surface area contributed by atoms with Gasteiger partial charge in [0.2, 0.25) is 0 Å². The Morgan fingerprint density at radius 3 is 2.63 bits per heavy atom. The smallest absolute Gasteiger partial charge is 0.336 e. The van der Waals surface area contributed by atoms with Crippen molar-refractivity contribution in [1.29, 1.82) is 0 Å². The zero-order valence-corrected chi connectivity index (χ0v) is 16.8. The largest absolute Gasteiger partial charge is 0.347 e. The van der Waals surface area contributed by atoms with Crippen molar-refractivity contribution >= 4 is 22.1 Å². The Bertz CT molecular complexity index is 1340. The molecule has 0 atom stereocenters. The van der Waals surface area contributed by atoms with Gasteiger partial charge < -0.3 is 5.32 Å². The van der Waals surface area contributed by atoms with Gasteiger partial charge >= 0.3 is 5.69 Å². The summed E-state index contributed by atoms with van der Waals surface area (Å²) in [5, 5.41) is 2.79. The lowest BCUT2D eigenvalue weighted by Gasteiger charge is -2.07. The van der Waals surface area contributed by atoms with E-state index in [1.54, 1.807) is 25.4 Å². The first-order valence-electron chi connectivity index (χ1n) is 9.11. The molecule has 0 aliphatic rings. The van der Waals surface area contributed by atoms with E-state index in [0.717, 1.165) is 21.5 Å². The third-order valence-corrected chi connectivity index (χ3v) is 5.86. The number of fused-ring (bicyclic) bond motifs is 1. The Labute approximate surface area is 174 Å². The molecule has 152 valence electrons. The molecule has 0 saturated heterocycles. The molecule has 7 nitrogen and oxygen atoms in total. The molecule has 1 amide bonds. The molecule has 0 unspecified atom stereocenters. The van der Waals surface area contributed by atoms with E-state index in [2.05, 4.69) is 10.3 Å². The number of benzene rings is 1. The highest BCUT2D eigenvalue weighted by molar-refractivity contribution is 7.19. The summed E-state index contributed by atoms with van der Waals surface area (Å²) in [5.74, 6) is -0.738. The second-order valence-corrected chi connectivity index (χ2v) is 7.77. The van der Waals surface area contributed by atoms with Crippen molar-refractivity contribution in [2.75, 3.05) is 0 Å². The maximum absolute atomic E-state index is 13.1. The van der Waals surface area contributed by atoms with Crippen LogP contribution in [0.4, 0.5) is 4.39 Å². The van der Waals surface area contributed by atoms with Crippen molar-refractivity contribution < 1.29 is 9.18 Å².